The Hall–Kier alpha value is -0.940. The lowest BCUT2D eigenvalue weighted by Gasteiger charge is -2.23. The average molecular weight is 268 g/mol. The van der Waals surface area contributed by atoms with E-state index in [1.807, 2.05) is 12.3 Å². The second-order valence-corrected chi connectivity index (χ2v) is 7.07. The quantitative estimate of drug-likeness (QED) is 0.894. The Morgan fingerprint density at radius 3 is 2.78 bits per heavy atom. The Morgan fingerprint density at radius 1 is 1.39 bits per heavy atom. The molecule has 0 radical (unpaired) electrons. The van der Waals surface area contributed by atoms with Gasteiger partial charge in [0.2, 0.25) is 0 Å². The van der Waals surface area contributed by atoms with Crippen molar-refractivity contribution < 1.29 is 8.42 Å². The summed E-state index contributed by atoms with van der Waals surface area (Å²) in [5.74, 6) is 0.626. The molecule has 1 saturated heterocycles. The van der Waals surface area contributed by atoms with Gasteiger partial charge in [0.15, 0.2) is 0 Å². The average Bonchev–Trinajstić information content (AvgIpc) is 2.38. The van der Waals surface area contributed by atoms with Crippen LogP contribution in [0.5, 0.6) is 0 Å². The maximum Gasteiger partial charge on any atom is 0.150 e. The van der Waals surface area contributed by atoms with Gasteiger partial charge in [0.1, 0.15) is 9.84 Å². The molecule has 18 heavy (non-hydrogen) atoms. The van der Waals surface area contributed by atoms with E-state index in [4.69, 9.17) is 0 Å². The van der Waals surface area contributed by atoms with Crippen molar-refractivity contribution in [1.29, 1.82) is 0 Å². The molecule has 1 aliphatic heterocycles. The zero-order chi connectivity index (χ0) is 13.0. The van der Waals surface area contributed by atoms with Gasteiger partial charge in [-0.3, -0.25) is 4.98 Å². The van der Waals surface area contributed by atoms with Crippen LogP contribution in [-0.4, -0.2) is 30.9 Å². The molecule has 2 rings (SSSR count). The predicted octanol–water partition coefficient (Wildman–Crippen LogP) is 1.31. The second-order valence-electron chi connectivity index (χ2n) is 4.77. The van der Waals surface area contributed by atoms with Gasteiger partial charge in [-0.2, -0.15) is 0 Å². The summed E-state index contributed by atoms with van der Waals surface area (Å²) in [6.07, 6.45) is 4.22. The van der Waals surface area contributed by atoms with Crippen molar-refractivity contribution in [2.45, 2.75) is 38.8 Å². The molecule has 5 heteroatoms. The van der Waals surface area contributed by atoms with Crippen LogP contribution in [0.2, 0.25) is 0 Å². The van der Waals surface area contributed by atoms with E-state index in [1.54, 1.807) is 0 Å². The van der Waals surface area contributed by atoms with E-state index in [9.17, 15) is 8.42 Å². The van der Waals surface area contributed by atoms with Crippen LogP contribution in [0.15, 0.2) is 18.3 Å². The molecule has 0 spiro atoms. The SMILES string of the molecule is CCc1cccnc1CNC1CCS(=O)(=O)CC1. The standard InChI is InChI=1S/C13H20N2O2S/c1-2-11-4-3-7-14-13(11)10-15-12-5-8-18(16,17)9-6-12/h3-4,7,12,15H,2,5-6,8-10H2,1H3. The van der Waals surface area contributed by atoms with E-state index in [0.29, 0.717) is 17.5 Å². The predicted molar refractivity (Wildman–Crippen MR) is 72.1 cm³/mol. The molecule has 0 bridgehead atoms. The van der Waals surface area contributed by atoms with Gasteiger partial charge in [-0.15, -0.1) is 0 Å². The van der Waals surface area contributed by atoms with Crippen LogP contribution in [0.25, 0.3) is 0 Å². The van der Waals surface area contributed by atoms with Crippen LogP contribution in [0.1, 0.15) is 31.0 Å². The van der Waals surface area contributed by atoms with Gasteiger partial charge in [0.05, 0.1) is 17.2 Å². The Bertz CT molecular complexity index is 485. The highest BCUT2D eigenvalue weighted by molar-refractivity contribution is 7.91. The van der Waals surface area contributed by atoms with Crippen LogP contribution in [0, 0.1) is 0 Å². The number of aromatic nitrogens is 1. The lowest BCUT2D eigenvalue weighted by atomic mass is 10.1. The Labute approximate surface area is 109 Å². The zero-order valence-electron chi connectivity index (χ0n) is 10.7. The van der Waals surface area contributed by atoms with Crippen molar-refractivity contribution in [3.8, 4) is 0 Å². The summed E-state index contributed by atoms with van der Waals surface area (Å²) in [5.41, 5.74) is 2.34. The zero-order valence-corrected chi connectivity index (χ0v) is 11.5. The van der Waals surface area contributed by atoms with Crippen molar-refractivity contribution in [1.82, 2.24) is 10.3 Å². The molecular weight excluding hydrogens is 248 g/mol. The Kier molecular flexibility index (Phi) is 4.35. The third-order valence-electron chi connectivity index (χ3n) is 3.48. The number of hydrogen-bond donors (Lipinski definition) is 1. The highest BCUT2D eigenvalue weighted by Crippen LogP contribution is 2.13. The fourth-order valence-electron chi connectivity index (χ4n) is 2.29. The number of rotatable bonds is 4. The van der Waals surface area contributed by atoms with Crippen LogP contribution in [0.3, 0.4) is 0 Å². The molecule has 0 aromatic carbocycles. The first-order valence-corrected chi connectivity index (χ1v) is 8.29. The van der Waals surface area contributed by atoms with Gasteiger partial charge in [-0.25, -0.2) is 8.42 Å². The summed E-state index contributed by atoms with van der Waals surface area (Å²) in [7, 11) is -2.77. The monoisotopic (exact) mass is 268 g/mol. The maximum absolute atomic E-state index is 11.3. The fourth-order valence-corrected chi connectivity index (χ4v) is 3.78. The molecular formula is C13H20N2O2S. The van der Waals surface area contributed by atoms with Crippen molar-refractivity contribution in [2.75, 3.05) is 11.5 Å². The number of pyridine rings is 1. The van der Waals surface area contributed by atoms with Crippen molar-refractivity contribution in [2.24, 2.45) is 0 Å². The first-order valence-electron chi connectivity index (χ1n) is 6.47. The van der Waals surface area contributed by atoms with Crippen molar-refractivity contribution in [3.63, 3.8) is 0 Å². The summed E-state index contributed by atoms with van der Waals surface area (Å²) in [6.45, 7) is 2.85. The Balaban J connectivity index is 1.89. The molecule has 1 aromatic rings. The maximum atomic E-state index is 11.3. The summed E-state index contributed by atoms with van der Waals surface area (Å²) in [4.78, 5) is 4.38. The molecule has 0 saturated carbocycles. The van der Waals surface area contributed by atoms with E-state index < -0.39 is 9.84 Å². The van der Waals surface area contributed by atoms with Crippen LogP contribution in [0.4, 0.5) is 0 Å². The molecule has 2 heterocycles. The van der Waals surface area contributed by atoms with Gasteiger partial charge in [-0.05, 0) is 30.9 Å². The van der Waals surface area contributed by atoms with Gasteiger partial charge >= 0.3 is 0 Å². The summed E-state index contributed by atoms with van der Waals surface area (Å²) >= 11 is 0. The smallest absolute Gasteiger partial charge is 0.150 e. The highest BCUT2D eigenvalue weighted by atomic mass is 32.2. The van der Waals surface area contributed by atoms with Crippen molar-refractivity contribution in [3.05, 3.63) is 29.6 Å². The van der Waals surface area contributed by atoms with E-state index in [-0.39, 0.29) is 0 Å². The summed E-state index contributed by atoms with van der Waals surface area (Å²) in [6, 6.07) is 4.35. The molecule has 0 atom stereocenters. The van der Waals surface area contributed by atoms with Crippen LogP contribution in [-0.2, 0) is 22.8 Å². The topological polar surface area (TPSA) is 59.1 Å². The largest absolute Gasteiger partial charge is 0.308 e. The third-order valence-corrected chi connectivity index (χ3v) is 5.19. The van der Waals surface area contributed by atoms with E-state index >= 15 is 0 Å². The van der Waals surface area contributed by atoms with Gasteiger partial charge in [0, 0.05) is 18.8 Å². The molecule has 1 aromatic heterocycles. The number of sulfone groups is 1. The number of nitrogens with one attached hydrogen (secondary N) is 1. The second kappa shape index (κ2) is 5.80. The number of hydrogen-bond acceptors (Lipinski definition) is 4. The molecule has 1 N–H and O–H groups in total. The van der Waals surface area contributed by atoms with Crippen LogP contribution < -0.4 is 5.32 Å². The van der Waals surface area contributed by atoms with Gasteiger partial charge < -0.3 is 5.32 Å². The summed E-state index contributed by atoms with van der Waals surface area (Å²) < 4.78 is 22.7. The molecule has 100 valence electrons. The molecule has 0 amide bonds. The first kappa shape index (κ1) is 13.5. The van der Waals surface area contributed by atoms with Gasteiger partial charge in [0.25, 0.3) is 0 Å². The van der Waals surface area contributed by atoms with E-state index in [1.165, 1.54) is 5.56 Å². The molecule has 0 unspecified atom stereocenters. The number of aryl methyl sites for hydroxylation is 1. The molecule has 4 nitrogen and oxygen atoms in total. The normalized spacial score (nSPS) is 19.8. The minimum atomic E-state index is -2.77. The lowest BCUT2D eigenvalue weighted by molar-refractivity contribution is 0.459. The fraction of sp³-hybridized carbons (Fsp3) is 0.615. The van der Waals surface area contributed by atoms with E-state index in [0.717, 1.165) is 31.5 Å². The molecule has 0 aliphatic carbocycles. The third kappa shape index (κ3) is 3.53. The molecule has 1 fully saturated rings. The molecule has 1 aliphatic rings. The summed E-state index contributed by atoms with van der Waals surface area (Å²) in [5, 5.41) is 3.42. The first-order chi connectivity index (χ1) is 8.61. The lowest BCUT2D eigenvalue weighted by Crippen LogP contribution is -2.37. The Morgan fingerprint density at radius 2 is 2.11 bits per heavy atom. The highest BCUT2D eigenvalue weighted by Gasteiger charge is 2.23. The van der Waals surface area contributed by atoms with Crippen molar-refractivity contribution >= 4 is 9.84 Å². The van der Waals surface area contributed by atoms with E-state index in [2.05, 4.69) is 23.3 Å². The minimum absolute atomic E-state index is 0.306. The van der Waals surface area contributed by atoms with Crippen LogP contribution >= 0.6 is 0 Å². The van der Waals surface area contributed by atoms with Gasteiger partial charge in [-0.1, -0.05) is 13.0 Å². The minimum Gasteiger partial charge on any atom is -0.308 e. The number of nitrogens with zero attached hydrogens (tertiary/aromatic N) is 1.